The minimum atomic E-state index is -0.882. The van der Waals surface area contributed by atoms with Gasteiger partial charge in [-0.2, -0.15) is 0 Å². The second kappa shape index (κ2) is 30.3. The molecule has 2 N–H and O–H groups in total. The first-order valence-corrected chi connectivity index (χ1v) is 18.7. The minimum Gasteiger partial charge on any atom is -0.481 e. The lowest BCUT2D eigenvalue weighted by Crippen LogP contribution is -2.35. The van der Waals surface area contributed by atoms with Gasteiger partial charge in [0.05, 0.1) is 138 Å². The Morgan fingerprint density at radius 1 is 0.527 bits per heavy atom. The Balaban J connectivity index is 1.03. The van der Waals surface area contributed by atoms with Crippen LogP contribution in [0.3, 0.4) is 0 Å². The van der Waals surface area contributed by atoms with Gasteiger partial charge in [-0.15, -0.1) is 0 Å². The molecule has 0 unspecified atom stereocenters. The summed E-state index contributed by atoms with van der Waals surface area (Å²) in [6.45, 7) is 7.98. The highest BCUT2D eigenvalue weighted by Gasteiger charge is 2.21. The fraction of sp³-hybridized carbons (Fsp3) is 0.575. The third kappa shape index (κ3) is 21.7. The summed E-state index contributed by atoms with van der Waals surface area (Å²) in [6, 6.07) is 15.4. The zero-order valence-electron chi connectivity index (χ0n) is 31.7. The van der Waals surface area contributed by atoms with Crippen molar-refractivity contribution in [3.63, 3.8) is 0 Å². The van der Waals surface area contributed by atoms with Gasteiger partial charge in [0.1, 0.15) is 0 Å². The van der Waals surface area contributed by atoms with Crippen molar-refractivity contribution in [2.45, 2.75) is 25.8 Å². The molecule has 0 saturated carbocycles. The predicted molar refractivity (Wildman–Crippen MR) is 202 cm³/mol. The summed E-state index contributed by atoms with van der Waals surface area (Å²) in [5.74, 6) is 5.26. The lowest BCUT2D eigenvalue weighted by molar-refractivity contribution is -0.138. The lowest BCUT2D eigenvalue weighted by Gasteiger charge is -2.26. The number of anilines is 1. The number of fused-ring (bicyclic) bond motifs is 2. The van der Waals surface area contributed by atoms with E-state index in [0.29, 0.717) is 112 Å². The molecule has 3 rings (SSSR count). The SMILES string of the molecule is O=C(O)CCOCCOCCOCCOCCOCCOCCOCCOCCOCCC(=O)NCCC(=O)N1Cc2ccccc2C#Cc2ccccc21. The number of ether oxygens (including phenoxy) is 9. The maximum Gasteiger partial charge on any atom is 0.305 e. The molecule has 0 radical (unpaired) electrons. The quantitative estimate of drug-likeness (QED) is 0.0803. The van der Waals surface area contributed by atoms with Gasteiger partial charge >= 0.3 is 5.97 Å². The normalized spacial score (nSPS) is 11.9. The molecule has 1 aliphatic heterocycles. The molecule has 0 fully saturated rings. The lowest BCUT2D eigenvalue weighted by atomic mass is 10.0. The predicted octanol–water partition coefficient (Wildman–Crippen LogP) is 2.45. The maximum absolute atomic E-state index is 13.3. The van der Waals surface area contributed by atoms with Crippen molar-refractivity contribution in [1.29, 1.82) is 0 Å². The molecule has 304 valence electrons. The summed E-state index contributed by atoms with van der Waals surface area (Å²) in [7, 11) is 0. The molecule has 2 amide bonds. The molecule has 0 atom stereocenters. The van der Waals surface area contributed by atoms with Gasteiger partial charge in [-0.3, -0.25) is 14.4 Å². The van der Waals surface area contributed by atoms with Crippen LogP contribution in [-0.4, -0.2) is 148 Å². The zero-order chi connectivity index (χ0) is 39.0. The van der Waals surface area contributed by atoms with Crippen LogP contribution >= 0.6 is 0 Å². The number of aliphatic carboxylic acids is 1. The fourth-order valence-corrected chi connectivity index (χ4v) is 4.93. The number of carbonyl (C=O) groups is 3. The number of carbonyl (C=O) groups excluding carboxylic acids is 2. The molecule has 2 aromatic carbocycles. The smallest absolute Gasteiger partial charge is 0.305 e. The molecule has 0 spiro atoms. The van der Waals surface area contributed by atoms with Gasteiger partial charge in [0.2, 0.25) is 11.8 Å². The van der Waals surface area contributed by atoms with Gasteiger partial charge < -0.3 is 58.0 Å². The van der Waals surface area contributed by atoms with Crippen LogP contribution in [-0.2, 0) is 63.6 Å². The number of hydrogen-bond donors (Lipinski definition) is 2. The van der Waals surface area contributed by atoms with E-state index in [4.69, 9.17) is 47.7 Å². The van der Waals surface area contributed by atoms with Gasteiger partial charge in [0.25, 0.3) is 0 Å². The van der Waals surface area contributed by atoms with E-state index in [2.05, 4.69) is 17.2 Å². The van der Waals surface area contributed by atoms with Crippen molar-refractivity contribution >= 4 is 23.5 Å². The number of carboxylic acids is 1. The summed E-state index contributed by atoms with van der Waals surface area (Å²) < 4.78 is 48.7. The number of para-hydroxylation sites is 1. The van der Waals surface area contributed by atoms with E-state index in [0.717, 1.165) is 22.4 Å². The number of benzene rings is 2. The molecular weight excluding hydrogens is 716 g/mol. The number of nitrogens with one attached hydrogen (secondary N) is 1. The summed E-state index contributed by atoms with van der Waals surface area (Å²) in [5.41, 5.74) is 3.45. The minimum absolute atomic E-state index is 0.0115. The number of nitrogens with zero attached hydrogens (tertiary/aromatic N) is 1. The van der Waals surface area contributed by atoms with Crippen molar-refractivity contribution in [2.75, 3.05) is 130 Å². The van der Waals surface area contributed by atoms with Crippen molar-refractivity contribution in [3.05, 3.63) is 65.2 Å². The number of carboxylic acid groups (broad SMARTS) is 1. The third-order valence-corrected chi connectivity index (χ3v) is 7.74. The van der Waals surface area contributed by atoms with Gasteiger partial charge in [-0.05, 0) is 23.8 Å². The van der Waals surface area contributed by atoms with Crippen molar-refractivity contribution < 1.29 is 62.1 Å². The Hall–Kier alpha value is -3.95. The number of rotatable bonds is 33. The van der Waals surface area contributed by atoms with E-state index >= 15 is 0 Å². The van der Waals surface area contributed by atoms with Gasteiger partial charge in [0.15, 0.2) is 0 Å². The highest BCUT2D eigenvalue weighted by Crippen LogP contribution is 2.25. The van der Waals surface area contributed by atoms with Crippen LogP contribution in [0, 0.1) is 11.8 Å². The van der Waals surface area contributed by atoms with Crippen LogP contribution in [0.4, 0.5) is 5.69 Å². The first kappa shape index (κ1) is 45.4. The Bertz CT molecular complexity index is 1430. The fourth-order valence-electron chi connectivity index (χ4n) is 4.93. The second-order valence-corrected chi connectivity index (χ2v) is 11.9. The topological polar surface area (TPSA) is 170 Å². The summed E-state index contributed by atoms with van der Waals surface area (Å²) in [5, 5.41) is 11.3. The number of hydrogen-bond acceptors (Lipinski definition) is 12. The van der Waals surface area contributed by atoms with Gasteiger partial charge in [-0.25, -0.2) is 0 Å². The molecule has 55 heavy (non-hydrogen) atoms. The highest BCUT2D eigenvalue weighted by molar-refractivity contribution is 5.95. The molecule has 15 heteroatoms. The van der Waals surface area contributed by atoms with E-state index in [1.54, 1.807) is 4.90 Å². The largest absolute Gasteiger partial charge is 0.481 e. The van der Waals surface area contributed by atoms with E-state index < -0.39 is 5.97 Å². The van der Waals surface area contributed by atoms with Gasteiger partial charge in [0, 0.05) is 30.5 Å². The maximum atomic E-state index is 13.3. The van der Waals surface area contributed by atoms with Crippen molar-refractivity contribution in [3.8, 4) is 11.8 Å². The van der Waals surface area contributed by atoms with E-state index in [1.165, 1.54) is 0 Å². The van der Waals surface area contributed by atoms with Crippen LogP contribution < -0.4 is 10.2 Å². The van der Waals surface area contributed by atoms with Crippen molar-refractivity contribution in [1.82, 2.24) is 5.32 Å². The first-order chi connectivity index (χ1) is 27.0. The summed E-state index contributed by atoms with van der Waals surface area (Å²) in [6.07, 6.45) is 0.348. The molecule has 0 saturated heterocycles. The van der Waals surface area contributed by atoms with Crippen LogP contribution in [0.15, 0.2) is 48.5 Å². The van der Waals surface area contributed by atoms with Crippen LogP contribution in [0.25, 0.3) is 0 Å². The third-order valence-electron chi connectivity index (χ3n) is 7.74. The summed E-state index contributed by atoms with van der Waals surface area (Å²) in [4.78, 5) is 37.7. The number of amides is 2. The Morgan fingerprint density at radius 2 is 0.927 bits per heavy atom. The monoisotopic (exact) mass is 772 g/mol. The highest BCUT2D eigenvalue weighted by atomic mass is 16.6. The average Bonchev–Trinajstić information content (AvgIpc) is 3.18. The standard InChI is InChI=1S/C40H56N2O13/c43-38(41-14-11-39(44)42-33-36-7-2-1-5-34(36)9-10-35-6-3-4-8-37(35)42)12-15-47-17-19-49-21-23-51-25-27-53-29-31-55-32-30-54-28-26-52-24-22-50-20-18-48-16-13-40(45)46/h1-8H,11-33H2,(H,41,43)(H,45,46). The molecule has 15 nitrogen and oxygen atoms in total. The molecule has 0 bridgehead atoms. The van der Waals surface area contributed by atoms with Crippen LogP contribution in [0.2, 0.25) is 0 Å². The average molecular weight is 773 g/mol. The molecule has 2 aromatic rings. The molecule has 1 aliphatic rings. The Labute approximate surface area is 323 Å². The first-order valence-electron chi connectivity index (χ1n) is 18.7. The van der Waals surface area contributed by atoms with Gasteiger partial charge in [-0.1, -0.05) is 42.2 Å². The zero-order valence-corrected chi connectivity index (χ0v) is 31.7. The van der Waals surface area contributed by atoms with Crippen molar-refractivity contribution in [2.24, 2.45) is 0 Å². The van der Waals surface area contributed by atoms with Crippen LogP contribution in [0.5, 0.6) is 0 Å². The second-order valence-electron chi connectivity index (χ2n) is 11.9. The van der Waals surface area contributed by atoms with E-state index in [-0.39, 0.29) is 50.8 Å². The van der Waals surface area contributed by atoms with Crippen LogP contribution in [0.1, 0.15) is 36.0 Å². The molecular formula is C40H56N2O13. The van der Waals surface area contributed by atoms with E-state index in [9.17, 15) is 14.4 Å². The van der Waals surface area contributed by atoms with E-state index in [1.807, 2.05) is 48.5 Å². The Morgan fingerprint density at radius 3 is 1.42 bits per heavy atom. The molecule has 1 heterocycles. The summed E-state index contributed by atoms with van der Waals surface area (Å²) >= 11 is 0. The molecule has 0 aromatic heterocycles. The Kier molecular flexibility index (Phi) is 25.0. The molecule has 0 aliphatic carbocycles.